The molecule has 1 aromatic heterocycles. The van der Waals surface area contributed by atoms with Crippen LogP contribution in [0.5, 0.6) is 0 Å². The topological polar surface area (TPSA) is 54.5 Å². The van der Waals surface area contributed by atoms with E-state index in [0.717, 1.165) is 31.4 Å². The quantitative estimate of drug-likeness (QED) is 0.879. The number of aromatic nitrogens is 1. The highest BCUT2D eigenvalue weighted by atomic mass is 32.1. The average molecular weight is 255 g/mol. The van der Waals surface area contributed by atoms with Crippen molar-refractivity contribution in [2.45, 2.75) is 19.9 Å². The van der Waals surface area contributed by atoms with Crippen molar-refractivity contribution < 1.29 is 9.53 Å². The molecule has 5 nitrogen and oxygen atoms in total. The molecule has 1 aromatic rings. The maximum atomic E-state index is 11.7. The summed E-state index contributed by atoms with van der Waals surface area (Å²) in [7, 11) is 0. The fourth-order valence-corrected chi connectivity index (χ4v) is 2.46. The van der Waals surface area contributed by atoms with Crippen LogP contribution in [0.2, 0.25) is 0 Å². The van der Waals surface area contributed by atoms with E-state index < -0.39 is 0 Å². The number of nitrogens with one attached hydrogen (secondary N) is 1. The monoisotopic (exact) mass is 255 g/mol. The van der Waals surface area contributed by atoms with Crippen LogP contribution in [0.4, 0.5) is 5.13 Å². The van der Waals surface area contributed by atoms with Gasteiger partial charge in [0.15, 0.2) is 5.13 Å². The molecule has 2 heterocycles. The Bertz CT molecular complexity index is 386. The van der Waals surface area contributed by atoms with E-state index in [2.05, 4.69) is 15.2 Å². The molecule has 1 amide bonds. The number of carbonyl (C=O) groups excluding carboxylic acids is 1. The smallest absolute Gasteiger partial charge is 0.271 e. The molecule has 1 fully saturated rings. The number of anilines is 1. The Labute approximate surface area is 105 Å². The lowest BCUT2D eigenvalue weighted by atomic mass is 10.3. The summed E-state index contributed by atoms with van der Waals surface area (Å²) in [6, 6.07) is 0.135. The lowest BCUT2D eigenvalue weighted by Crippen LogP contribution is -2.36. The van der Waals surface area contributed by atoms with Gasteiger partial charge in [0.1, 0.15) is 5.69 Å². The number of thiazole rings is 1. The van der Waals surface area contributed by atoms with E-state index >= 15 is 0 Å². The van der Waals surface area contributed by atoms with E-state index in [4.69, 9.17) is 4.74 Å². The molecule has 0 radical (unpaired) electrons. The number of amides is 1. The third-order valence-corrected chi connectivity index (χ3v) is 3.33. The van der Waals surface area contributed by atoms with Crippen LogP contribution in [0, 0.1) is 0 Å². The van der Waals surface area contributed by atoms with E-state index in [0.29, 0.717) is 5.69 Å². The van der Waals surface area contributed by atoms with Gasteiger partial charge in [-0.3, -0.25) is 4.79 Å². The second-order valence-corrected chi connectivity index (χ2v) is 5.08. The Hall–Kier alpha value is -1.14. The third-order valence-electron chi connectivity index (χ3n) is 2.43. The number of nitrogens with zero attached hydrogens (tertiary/aromatic N) is 2. The van der Waals surface area contributed by atoms with E-state index in [1.807, 2.05) is 19.2 Å². The van der Waals surface area contributed by atoms with Crippen molar-refractivity contribution >= 4 is 22.4 Å². The summed E-state index contributed by atoms with van der Waals surface area (Å²) in [5.74, 6) is -0.101. The lowest BCUT2D eigenvalue weighted by molar-refractivity contribution is 0.0939. The second kappa shape index (κ2) is 5.46. The Morgan fingerprint density at radius 2 is 2.24 bits per heavy atom. The number of hydrogen-bond acceptors (Lipinski definition) is 5. The van der Waals surface area contributed by atoms with Crippen molar-refractivity contribution in [1.29, 1.82) is 0 Å². The molecule has 0 saturated carbocycles. The summed E-state index contributed by atoms with van der Waals surface area (Å²) in [6.07, 6.45) is 0. The molecule has 0 bridgehead atoms. The highest BCUT2D eigenvalue weighted by molar-refractivity contribution is 7.13. The van der Waals surface area contributed by atoms with Crippen molar-refractivity contribution in [2.24, 2.45) is 0 Å². The molecular formula is C11H17N3O2S. The summed E-state index contributed by atoms with van der Waals surface area (Å²) in [5.41, 5.74) is 0.505. The number of carbonyl (C=O) groups is 1. The predicted molar refractivity (Wildman–Crippen MR) is 67.7 cm³/mol. The normalized spacial score (nSPS) is 16.3. The minimum atomic E-state index is -0.101. The Morgan fingerprint density at radius 3 is 2.88 bits per heavy atom. The maximum Gasteiger partial charge on any atom is 0.271 e. The van der Waals surface area contributed by atoms with Crippen molar-refractivity contribution in [3.63, 3.8) is 0 Å². The zero-order chi connectivity index (χ0) is 12.3. The fourth-order valence-electron chi connectivity index (χ4n) is 1.60. The van der Waals surface area contributed by atoms with Gasteiger partial charge in [-0.05, 0) is 13.8 Å². The van der Waals surface area contributed by atoms with E-state index in [9.17, 15) is 4.79 Å². The van der Waals surface area contributed by atoms with Crippen molar-refractivity contribution in [2.75, 3.05) is 31.2 Å². The maximum absolute atomic E-state index is 11.7. The van der Waals surface area contributed by atoms with Gasteiger partial charge in [0.2, 0.25) is 0 Å². The molecule has 1 saturated heterocycles. The molecule has 1 aliphatic heterocycles. The van der Waals surface area contributed by atoms with Gasteiger partial charge in [-0.25, -0.2) is 4.98 Å². The average Bonchev–Trinajstić information content (AvgIpc) is 2.78. The largest absolute Gasteiger partial charge is 0.378 e. The highest BCUT2D eigenvalue weighted by Gasteiger charge is 2.17. The minimum Gasteiger partial charge on any atom is -0.378 e. The van der Waals surface area contributed by atoms with E-state index in [1.54, 1.807) is 0 Å². The highest BCUT2D eigenvalue weighted by Crippen LogP contribution is 2.21. The Balaban J connectivity index is 2.02. The SMILES string of the molecule is CC(C)NC(=O)c1csc(N2CCOCC2)n1. The number of hydrogen-bond donors (Lipinski definition) is 1. The van der Waals surface area contributed by atoms with Crippen LogP contribution in [0.15, 0.2) is 5.38 Å². The van der Waals surface area contributed by atoms with Gasteiger partial charge in [0.05, 0.1) is 13.2 Å². The van der Waals surface area contributed by atoms with Crippen LogP contribution >= 0.6 is 11.3 Å². The molecule has 17 heavy (non-hydrogen) atoms. The van der Waals surface area contributed by atoms with Crippen LogP contribution in [0.1, 0.15) is 24.3 Å². The summed E-state index contributed by atoms with van der Waals surface area (Å²) in [5, 5.41) is 5.55. The van der Waals surface area contributed by atoms with Gasteiger partial charge in [0.25, 0.3) is 5.91 Å². The molecule has 0 atom stereocenters. The van der Waals surface area contributed by atoms with Crippen LogP contribution < -0.4 is 10.2 Å². The molecule has 0 unspecified atom stereocenters. The number of morpholine rings is 1. The molecule has 6 heteroatoms. The first-order valence-electron chi connectivity index (χ1n) is 5.76. The third kappa shape index (κ3) is 3.17. The van der Waals surface area contributed by atoms with Crippen LogP contribution in [0.3, 0.4) is 0 Å². The molecule has 0 aliphatic carbocycles. The van der Waals surface area contributed by atoms with Crippen molar-refractivity contribution in [1.82, 2.24) is 10.3 Å². The number of rotatable bonds is 3. The zero-order valence-corrected chi connectivity index (χ0v) is 10.9. The first-order valence-corrected chi connectivity index (χ1v) is 6.64. The predicted octanol–water partition coefficient (Wildman–Crippen LogP) is 1.12. The first kappa shape index (κ1) is 12.3. The van der Waals surface area contributed by atoms with Gasteiger partial charge in [-0.1, -0.05) is 0 Å². The van der Waals surface area contributed by atoms with Crippen molar-refractivity contribution in [3.8, 4) is 0 Å². The van der Waals surface area contributed by atoms with Gasteiger partial charge in [-0.15, -0.1) is 11.3 Å². The van der Waals surface area contributed by atoms with Gasteiger partial charge >= 0.3 is 0 Å². The second-order valence-electron chi connectivity index (χ2n) is 4.24. The molecule has 0 aromatic carbocycles. The van der Waals surface area contributed by atoms with Crippen LogP contribution in [-0.4, -0.2) is 43.2 Å². The molecule has 1 N–H and O–H groups in total. The molecule has 1 aliphatic rings. The van der Waals surface area contributed by atoms with Gasteiger partial charge in [0, 0.05) is 24.5 Å². The van der Waals surface area contributed by atoms with Crippen molar-refractivity contribution in [3.05, 3.63) is 11.1 Å². The minimum absolute atomic E-state index is 0.101. The summed E-state index contributed by atoms with van der Waals surface area (Å²) < 4.78 is 5.28. The molecule has 94 valence electrons. The first-order chi connectivity index (χ1) is 8.16. The Morgan fingerprint density at radius 1 is 1.53 bits per heavy atom. The van der Waals surface area contributed by atoms with E-state index in [1.165, 1.54) is 11.3 Å². The summed E-state index contributed by atoms with van der Waals surface area (Å²) >= 11 is 1.51. The summed E-state index contributed by atoms with van der Waals surface area (Å²) in [4.78, 5) is 18.3. The standard InChI is InChI=1S/C11H17N3O2S/c1-8(2)12-10(15)9-7-17-11(13-9)14-3-5-16-6-4-14/h7-8H,3-6H2,1-2H3,(H,12,15). The van der Waals surface area contributed by atoms with Gasteiger partial charge in [-0.2, -0.15) is 0 Å². The Kier molecular flexibility index (Phi) is 3.96. The van der Waals surface area contributed by atoms with E-state index in [-0.39, 0.29) is 11.9 Å². The fraction of sp³-hybridized carbons (Fsp3) is 0.636. The van der Waals surface area contributed by atoms with Crippen LogP contribution in [0.25, 0.3) is 0 Å². The van der Waals surface area contributed by atoms with Crippen LogP contribution in [-0.2, 0) is 4.74 Å². The number of ether oxygens (including phenoxy) is 1. The lowest BCUT2D eigenvalue weighted by Gasteiger charge is -2.25. The van der Waals surface area contributed by atoms with Gasteiger partial charge < -0.3 is 15.0 Å². The molecule has 2 rings (SSSR count). The molecular weight excluding hydrogens is 238 g/mol. The summed E-state index contributed by atoms with van der Waals surface area (Å²) in [6.45, 7) is 7.03. The molecule has 0 spiro atoms. The zero-order valence-electron chi connectivity index (χ0n) is 10.1.